The molecule has 0 amide bonds. The zero-order valence-electron chi connectivity index (χ0n) is 15.4. The van der Waals surface area contributed by atoms with Gasteiger partial charge in [-0.3, -0.25) is 10.1 Å². The van der Waals surface area contributed by atoms with Crippen molar-refractivity contribution >= 4 is 17.3 Å². The van der Waals surface area contributed by atoms with Crippen molar-refractivity contribution in [1.29, 1.82) is 0 Å². The van der Waals surface area contributed by atoms with Crippen LogP contribution in [0.2, 0.25) is 0 Å². The second-order valence-electron chi connectivity index (χ2n) is 5.99. The highest BCUT2D eigenvalue weighted by Crippen LogP contribution is 2.25. The monoisotopic (exact) mass is 398 g/mol. The van der Waals surface area contributed by atoms with Crippen LogP contribution in [0, 0.1) is 10.1 Å². The van der Waals surface area contributed by atoms with E-state index in [1.54, 1.807) is 31.2 Å². The Kier molecular flexibility index (Phi) is 6.15. The molecule has 0 bridgehead atoms. The molecule has 0 saturated carbocycles. The molecule has 10 nitrogen and oxygen atoms in total. The molecule has 0 saturated heterocycles. The van der Waals surface area contributed by atoms with Gasteiger partial charge in [-0.2, -0.15) is 0 Å². The molecule has 1 heterocycles. The van der Waals surface area contributed by atoms with E-state index in [0.717, 1.165) is 0 Å². The zero-order valence-corrected chi connectivity index (χ0v) is 15.4. The van der Waals surface area contributed by atoms with E-state index in [9.17, 15) is 14.9 Å². The number of aromatic nitrogens is 2. The Morgan fingerprint density at radius 1 is 1.24 bits per heavy atom. The summed E-state index contributed by atoms with van der Waals surface area (Å²) in [6, 6.07) is 12.4. The summed E-state index contributed by atoms with van der Waals surface area (Å²) in [6.07, 6.45) is -0.812. The molecule has 0 spiro atoms. The third-order valence-electron chi connectivity index (χ3n) is 3.97. The highest BCUT2D eigenvalue weighted by molar-refractivity contribution is 5.95. The minimum atomic E-state index is -0.812. The molecule has 10 heteroatoms. The molecule has 1 aromatic heterocycles. The van der Waals surface area contributed by atoms with E-state index in [1.165, 1.54) is 24.3 Å². The number of hydrogen-bond acceptors (Lipinski definition) is 9. The SMILES string of the molecule is CC(OC(=O)c1ccccc1NCCO)c1nnc(-c2ccc([N+](=O)[O-])cc2)o1. The number of ether oxygens (including phenoxy) is 1. The van der Waals surface area contributed by atoms with Gasteiger partial charge in [0, 0.05) is 29.9 Å². The number of benzene rings is 2. The van der Waals surface area contributed by atoms with E-state index < -0.39 is 17.0 Å². The van der Waals surface area contributed by atoms with Gasteiger partial charge in [0.1, 0.15) is 0 Å². The first-order valence-electron chi connectivity index (χ1n) is 8.72. The van der Waals surface area contributed by atoms with Gasteiger partial charge in [0.2, 0.25) is 5.89 Å². The van der Waals surface area contributed by atoms with Gasteiger partial charge < -0.3 is 19.6 Å². The first-order chi connectivity index (χ1) is 14.0. The fraction of sp³-hybridized carbons (Fsp3) is 0.211. The highest BCUT2D eigenvalue weighted by atomic mass is 16.6. The molecule has 2 aromatic carbocycles. The first kappa shape index (κ1) is 20.0. The predicted octanol–water partition coefficient (Wildman–Crippen LogP) is 2.97. The molecular weight excluding hydrogens is 380 g/mol. The molecule has 0 aliphatic rings. The van der Waals surface area contributed by atoms with Crippen molar-refractivity contribution in [3.63, 3.8) is 0 Å². The molecule has 2 N–H and O–H groups in total. The summed E-state index contributed by atoms with van der Waals surface area (Å²) < 4.78 is 11.0. The van der Waals surface area contributed by atoms with Crippen LogP contribution >= 0.6 is 0 Å². The summed E-state index contributed by atoms with van der Waals surface area (Å²) in [7, 11) is 0. The van der Waals surface area contributed by atoms with Gasteiger partial charge in [0.05, 0.1) is 17.1 Å². The lowest BCUT2D eigenvalue weighted by atomic mass is 10.2. The Hall–Kier alpha value is -3.79. The van der Waals surface area contributed by atoms with E-state index >= 15 is 0 Å². The summed E-state index contributed by atoms with van der Waals surface area (Å²) >= 11 is 0. The standard InChI is InChI=1S/C19H18N4O6/c1-12(28-19(25)15-4-2-3-5-16(15)20-10-11-24)17-21-22-18(29-17)13-6-8-14(9-7-13)23(26)27/h2-9,12,20,24H,10-11H2,1H3. The lowest BCUT2D eigenvalue weighted by Crippen LogP contribution is -2.14. The van der Waals surface area contributed by atoms with E-state index in [2.05, 4.69) is 15.5 Å². The number of carbonyl (C=O) groups is 1. The number of nitro benzene ring substituents is 1. The number of carbonyl (C=O) groups excluding carboxylic acids is 1. The Bertz CT molecular complexity index is 1000. The van der Waals surface area contributed by atoms with Gasteiger partial charge in [-0.25, -0.2) is 4.79 Å². The van der Waals surface area contributed by atoms with Crippen LogP contribution in [-0.2, 0) is 4.74 Å². The van der Waals surface area contributed by atoms with E-state index in [4.69, 9.17) is 14.3 Å². The normalized spacial score (nSPS) is 11.7. The maximum atomic E-state index is 12.5. The number of hydrogen-bond donors (Lipinski definition) is 2. The van der Waals surface area contributed by atoms with Crippen LogP contribution in [0.1, 0.15) is 29.3 Å². The van der Waals surface area contributed by atoms with Crippen LogP contribution in [0.15, 0.2) is 52.9 Å². The van der Waals surface area contributed by atoms with E-state index in [-0.39, 0.29) is 24.1 Å². The van der Waals surface area contributed by atoms with Crippen LogP contribution in [-0.4, -0.2) is 39.3 Å². The number of rotatable bonds is 8. The Morgan fingerprint density at radius 2 is 1.97 bits per heavy atom. The van der Waals surface area contributed by atoms with Gasteiger partial charge in [-0.05, 0) is 31.2 Å². The second-order valence-corrected chi connectivity index (χ2v) is 5.99. The topological polar surface area (TPSA) is 141 Å². The van der Waals surface area contributed by atoms with E-state index in [0.29, 0.717) is 23.4 Å². The molecule has 0 aliphatic carbocycles. The number of nitrogens with one attached hydrogen (secondary N) is 1. The number of para-hydroxylation sites is 1. The number of non-ortho nitro benzene ring substituents is 1. The van der Waals surface area contributed by atoms with Crippen LogP contribution in [0.25, 0.3) is 11.5 Å². The molecule has 3 aromatic rings. The van der Waals surface area contributed by atoms with Crippen molar-refractivity contribution in [1.82, 2.24) is 10.2 Å². The summed E-state index contributed by atoms with van der Waals surface area (Å²) in [5.41, 5.74) is 1.30. The quantitative estimate of drug-likeness (QED) is 0.333. The zero-order chi connectivity index (χ0) is 20.8. The van der Waals surface area contributed by atoms with Crippen molar-refractivity contribution in [2.24, 2.45) is 0 Å². The number of anilines is 1. The van der Waals surface area contributed by atoms with Gasteiger partial charge in [-0.1, -0.05) is 12.1 Å². The summed E-state index contributed by atoms with van der Waals surface area (Å²) in [6.45, 7) is 1.81. The molecule has 29 heavy (non-hydrogen) atoms. The minimum absolute atomic E-state index is 0.0516. The first-order valence-corrected chi connectivity index (χ1v) is 8.72. The van der Waals surface area contributed by atoms with E-state index in [1.807, 2.05) is 0 Å². The number of nitro groups is 1. The second kappa shape index (κ2) is 8.93. The fourth-order valence-corrected chi connectivity index (χ4v) is 2.52. The van der Waals surface area contributed by atoms with Crippen molar-refractivity contribution in [2.75, 3.05) is 18.5 Å². The molecule has 1 atom stereocenters. The van der Waals surface area contributed by atoms with Crippen molar-refractivity contribution in [3.8, 4) is 11.5 Å². The highest BCUT2D eigenvalue weighted by Gasteiger charge is 2.21. The van der Waals surface area contributed by atoms with Crippen LogP contribution in [0.5, 0.6) is 0 Å². The lowest BCUT2D eigenvalue weighted by Gasteiger charge is -2.13. The molecule has 3 rings (SSSR count). The molecular formula is C19H18N4O6. The number of esters is 1. The third-order valence-corrected chi connectivity index (χ3v) is 3.97. The summed E-state index contributed by atoms with van der Waals surface area (Å²) in [5.74, 6) is -0.344. The minimum Gasteiger partial charge on any atom is -0.449 e. The number of aliphatic hydroxyl groups excluding tert-OH is 1. The average molecular weight is 398 g/mol. The van der Waals surface area contributed by atoms with Crippen LogP contribution in [0.3, 0.4) is 0 Å². The molecule has 150 valence electrons. The van der Waals surface area contributed by atoms with Gasteiger partial charge in [0.25, 0.3) is 11.6 Å². The van der Waals surface area contributed by atoms with Crippen molar-refractivity contribution < 1.29 is 24.0 Å². The van der Waals surface area contributed by atoms with Gasteiger partial charge in [-0.15, -0.1) is 10.2 Å². The molecule has 0 aliphatic heterocycles. The Morgan fingerprint density at radius 3 is 2.66 bits per heavy atom. The third kappa shape index (κ3) is 4.74. The van der Waals surface area contributed by atoms with Gasteiger partial charge in [0.15, 0.2) is 6.10 Å². The largest absolute Gasteiger partial charge is 0.449 e. The smallest absolute Gasteiger partial charge is 0.341 e. The summed E-state index contributed by atoms with van der Waals surface area (Å²) in [5, 5.41) is 30.4. The number of aliphatic hydroxyl groups is 1. The molecule has 0 fully saturated rings. The van der Waals surface area contributed by atoms with Crippen molar-refractivity contribution in [2.45, 2.75) is 13.0 Å². The molecule has 1 unspecified atom stereocenters. The predicted molar refractivity (Wildman–Crippen MR) is 102 cm³/mol. The maximum absolute atomic E-state index is 12.5. The van der Waals surface area contributed by atoms with Crippen molar-refractivity contribution in [3.05, 3.63) is 70.1 Å². The maximum Gasteiger partial charge on any atom is 0.341 e. The Labute approximate surface area is 165 Å². The molecule has 0 radical (unpaired) electrons. The Balaban J connectivity index is 1.71. The van der Waals surface area contributed by atoms with Crippen LogP contribution in [0.4, 0.5) is 11.4 Å². The lowest BCUT2D eigenvalue weighted by molar-refractivity contribution is -0.384. The fourth-order valence-electron chi connectivity index (χ4n) is 2.52. The van der Waals surface area contributed by atoms with Crippen LogP contribution < -0.4 is 5.32 Å². The summed E-state index contributed by atoms with van der Waals surface area (Å²) in [4.78, 5) is 22.7. The number of nitrogens with zero attached hydrogens (tertiary/aromatic N) is 3. The van der Waals surface area contributed by atoms with Gasteiger partial charge >= 0.3 is 5.97 Å². The average Bonchev–Trinajstić information content (AvgIpc) is 3.23.